The number of rotatable bonds is 6. The Kier molecular flexibility index (Phi) is 5.81. The maximum Gasteiger partial charge on any atom is 0.239 e. The van der Waals surface area contributed by atoms with E-state index < -0.39 is 5.54 Å². The van der Waals surface area contributed by atoms with E-state index in [1.54, 1.807) is 0 Å². The summed E-state index contributed by atoms with van der Waals surface area (Å²) in [6.07, 6.45) is 6.23. The van der Waals surface area contributed by atoms with Gasteiger partial charge in [0.05, 0.1) is 5.54 Å². The number of carbonyl (C=O) groups excluding carboxylic acids is 1. The van der Waals surface area contributed by atoms with Crippen molar-refractivity contribution in [1.29, 1.82) is 0 Å². The monoisotopic (exact) mass is 269 g/mol. The molecule has 112 valence electrons. The van der Waals surface area contributed by atoms with Crippen LogP contribution in [-0.2, 0) is 4.79 Å². The minimum atomic E-state index is -0.489. The zero-order chi connectivity index (χ0) is 14.5. The van der Waals surface area contributed by atoms with Crippen LogP contribution in [0.4, 0.5) is 0 Å². The lowest BCUT2D eigenvalue weighted by molar-refractivity contribution is -0.127. The fourth-order valence-electron chi connectivity index (χ4n) is 2.98. The minimum absolute atomic E-state index is 0.0983. The van der Waals surface area contributed by atoms with Gasteiger partial charge >= 0.3 is 0 Å². The van der Waals surface area contributed by atoms with Crippen LogP contribution in [0, 0.1) is 0 Å². The van der Waals surface area contributed by atoms with Crippen LogP contribution in [0.25, 0.3) is 0 Å². The van der Waals surface area contributed by atoms with Gasteiger partial charge in [0.1, 0.15) is 0 Å². The molecular weight excluding hydrogens is 238 g/mol. The highest BCUT2D eigenvalue weighted by Crippen LogP contribution is 2.31. The van der Waals surface area contributed by atoms with Gasteiger partial charge in [0.15, 0.2) is 0 Å². The molecule has 1 saturated carbocycles. The summed E-state index contributed by atoms with van der Waals surface area (Å²) in [6.45, 7) is 7.47. The third-order valence-corrected chi connectivity index (χ3v) is 4.50. The number of carbonyl (C=O) groups is 1. The van der Waals surface area contributed by atoms with Crippen LogP contribution < -0.4 is 10.6 Å². The number of nitrogens with zero attached hydrogens (tertiary/aromatic N) is 1. The molecule has 1 fully saturated rings. The Morgan fingerprint density at radius 1 is 1.21 bits per heavy atom. The molecule has 1 aliphatic rings. The lowest BCUT2D eigenvalue weighted by Crippen LogP contribution is -2.59. The normalized spacial score (nSPS) is 19.5. The highest BCUT2D eigenvalue weighted by atomic mass is 16.2. The van der Waals surface area contributed by atoms with Crippen LogP contribution in [0.2, 0.25) is 0 Å². The van der Waals surface area contributed by atoms with Crippen LogP contribution in [0.1, 0.15) is 52.9 Å². The molecule has 0 aliphatic heterocycles. The summed E-state index contributed by atoms with van der Waals surface area (Å²) in [7, 11) is 4.26. The Hall–Kier alpha value is -0.610. The number of nitrogens with one attached hydrogen (secondary N) is 2. The summed E-state index contributed by atoms with van der Waals surface area (Å²) >= 11 is 0. The van der Waals surface area contributed by atoms with Gasteiger partial charge in [0, 0.05) is 12.1 Å². The van der Waals surface area contributed by atoms with Crippen LogP contribution in [-0.4, -0.2) is 49.1 Å². The Balaban J connectivity index is 2.59. The van der Waals surface area contributed by atoms with E-state index in [2.05, 4.69) is 29.6 Å². The smallest absolute Gasteiger partial charge is 0.239 e. The van der Waals surface area contributed by atoms with Gasteiger partial charge in [-0.05, 0) is 47.3 Å². The van der Waals surface area contributed by atoms with E-state index in [0.717, 1.165) is 13.1 Å². The molecule has 1 amide bonds. The van der Waals surface area contributed by atoms with Gasteiger partial charge in [0.25, 0.3) is 0 Å². The minimum Gasteiger partial charge on any atom is -0.353 e. The number of amides is 1. The molecule has 1 aliphatic carbocycles. The third kappa shape index (κ3) is 4.18. The molecule has 0 atom stereocenters. The molecule has 0 saturated heterocycles. The van der Waals surface area contributed by atoms with Crippen LogP contribution in [0.15, 0.2) is 0 Å². The zero-order valence-electron chi connectivity index (χ0n) is 13.3. The van der Waals surface area contributed by atoms with Gasteiger partial charge in [0.2, 0.25) is 5.91 Å². The molecule has 4 nitrogen and oxygen atoms in total. The molecule has 0 aromatic carbocycles. The molecule has 0 aromatic heterocycles. The molecule has 0 bridgehead atoms. The first-order valence-corrected chi connectivity index (χ1v) is 7.55. The van der Waals surface area contributed by atoms with Crippen LogP contribution in [0.3, 0.4) is 0 Å². The van der Waals surface area contributed by atoms with E-state index in [-0.39, 0.29) is 11.4 Å². The van der Waals surface area contributed by atoms with E-state index in [9.17, 15) is 4.79 Å². The van der Waals surface area contributed by atoms with Crippen LogP contribution in [0.5, 0.6) is 0 Å². The van der Waals surface area contributed by atoms with Gasteiger partial charge < -0.3 is 15.5 Å². The van der Waals surface area contributed by atoms with Gasteiger partial charge in [-0.15, -0.1) is 0 Å². The number of hydrogen-bond acceptors (Lipinski definition) is 3. The third-order valence-electron chi connectivity index (χ3n) is 4.50. The number of hydrogen-bond donors (Lipinski definition) is 2. The van der Waals surface area contributed by atoms with E-state index in [0.29, 0.717) is 0 Å². The standard InChI is InChI=1S/C15H31N3O/c1-6-17-14(2,3)13(19)16-12-15(18(4)5)10-8-7-9-11-15/h17H,6-12H2,1-5H3,(H,16,19). The first-order chi connectivity index (χ1) is 8.84. The van der Waals surface area contributed by atoms with Gasteiger partial charge in [-0.2, -0.15) is 0 Å². The average Bonchev–Trinajstić information content (AvgIpc) is 2.36. The molecule has 0 spiro atoms. The van der Waals surface area contributed by atoms with Gasteiger partial charge in [-0.25, -0.2) is 0 Å². The van der Waals surface area contributed by atoms with Crippen molar-refractivity contribution in [2.75, 3.05) is 27.2 Å². The van der Waals surface area contributed by atoms with Crippen LogP contribution >= 0.6 is 0 Å². The van der Waals surface area contributed by atoms with E-state index in [4.69, 9.17) is 0 Å². The fraction of sp³-hybridized carbons (Fsp3) is 0.933. The maximum atomic E-state index is 12.3. The molecule has 19 heavy (non-hydrogen) atoms. The largest absolute Gasteiger partial charge is 0.353 e. The Morgan fingerprint density at radius 2 is 1.79 bits per heavy atom. The Morgan fingerprint density at radius 3 is 2.26 bits per heavy atom. The Labute approximate surface area is 118 Å². The topological polar surface area (TPSA) is 44.4 Å². The summed E-state index contributed by atoms with van der Waals surface area (Å²) in [6, 6.07) is 0. The SMILES string of the molecule is CCNC(C)(C)C(=O)NCC1(N(C)C)CCCCC1. The molecule has 4 heteroatoms. The van der Waals surface area contributed by atoms with Crippen molar-refractivity contribution in [3.05, 3.63) is 0 Å². The van der Waals surface area contributed by atoms with E-state index in [1.807, 2.05) is 20.8 Å². The molecule has 0 unspecified atom stereocenters. The van der Waals surface area contributed by atoms with Crippen molar-refractivity contribution in [3.8, 4) is 0 Å². The summed E-state index contributed by atoms with van der Waals surface area (Å²) in [5, 5.41) is 6.38. The molecule has 0 radical (unpaired) electrons. The van der Waals surface area contributed by atoms with Crippen molar-refractivity contribution in [2.45, 2.75) is 64.0 Å². The second kappa shape index (κ2) is 6.71. The summed E-state index contributed by atoms with van der Waals surface area (Å²) in [4.78, 5) is 14.6. The lowest BCUT2D eigenvalue weighted by atomic mass is 9.80. The first kappa shape index (κ1) is 16.4. The summed E-state index contributed by atoms with van der Waals surface area (Å²) in [5.74, 6) is 0.0983. The zero-order valence-corrected chi connectivity index (χ0v) is 13.3. The van der Waals surface area contributed by atoms with Crippen molar-refractivity contribution in [1.82, 2.24) is 15.5 Å². The van der Waals surface area contributed by atoms with Crippen molar-refractivity contribution in [2.24, 2.45) is 0 Å². The van der Waals surface area contributed by atoms with Crippen molar-refractivity contribution in [3.63, 3.8) is 0 Å². The maximum absolute atomic E-state index is 12.3. The first-order valence-electron chi connectivity index (χ1n) is 7.55. The molecule has 2 N–H and O–H groups in total. The fourth-order valence-corrected chi connectivity index (χ4v) is 2.98. The second-order valence-corrected chi connectivity index (χ2v) is 6.52. The summed E-state index contributed by atoms with van der Waals surface area (Å²) in [5.41, 5.74) is -0.340. The molecular formula is C15H31N3O. The molecule has 0 heterocycles. The van der Waals surface area contributed by atoms with Gasteiger partial charge in [-0.1, -0.05) is 26.2 Å². The predicted octanol–water partition coefficient (Wildman–Crippen LogP) is 1.76. The van der Waals surface area contributed by atoms with E-state index >= 15 is 0 Å². The number of likely N-dealkylation sites (N-methyl/N-ethyl adjacent to an activating group) is 2. The summed E-state index contributed by atoms with van der Waals surface area (Å²) < 4.78 is 0. The lowest BCUT2D eigenvalue weighted by Gasteiger charge is -2.43. The van der Waals surface area contributed by atoms with Crippen molar-refractivity contribution >= 4 is 5.91 Å². The molecule has 0 aromatic rings. The van der Waals surface area contributed by atoms with E-state index in [1.165, 1.54) is 32.1 Å². The molecule has 1 rings (SSSR count). The van der Waals surface area contributed by atoms with Gasteiger partial charge in [-0.3, -0.25) is 4.79 Å². The Bertz CT molecular complexity index is 294. The highest BCUT2D eigenvalue weighted by molar-refractivity contribution is 5.85. The van der Waals surface area contributed by atoms with Crippen molar-refractivity contribution < 1.29 is 4.79 Å². The average molecular weight is 269 g/mol. The second-order valence-electron chi connectivity index (χ2n) is 6.52. The highest BCUT2D eigenvalue weighted by Gasteiger charge is 2.36. The predicted molar refractivity (Wildman–Crippen MR) is 80.3 cm³/mol. The quantitative estimate of drug-likeness (QED) is 0.772.